The average Bonchev–Trinajstić information content (AvgIpc) is 3.43. The van der Waals surface area contributed by atoms with Crippen LogP contribution in [0, 0.1) is 0 Å². The van der Waals surface area contributed by atoms with Crippen molar-refractivity contribution in [1.82, 2.24) is 9.88 Å². The Morgan fingerprint density at radius 1 is 0.882 bits per heavy atom. The number of benzene rings is 3. The first-order valence-electron chi connectivity index (χ1n) is 10.6. The molecule has 0 aliphatic carbocycles. The van der Waals surface area contributed by atoms with E-state index in [0.717, 1.165) is 26.7 Å². The quantitative estimate of drug-likeness (QED) is 0.351. The lowest BCUT2D eigenvalue weighted by molar-refractivity contribution is -0.116. The Kier molecular flexibility index (Phi) is 5.96. The third-order valence-corrected chi connectivity index (χ3v) is 6.64. The molecule has 5 rings (SSSR count). The van der Waals surface area contributed by atoms with Crippen molar-refractivity contribution >= 4 is 46.3 Å². The number of fused-ring (bicyclic) bond motifs is 1. The lowest BCUT2D eigenvalue weighted by Gasteiger charge is -2.13. The Morgan fingerprint density at radius 3 is 2.15 bits per heavy atom. The summed E-state index contributed by atoms with van der Waals surface area (Å²) in [5.74, 6) is -0.999. The number of amides is 3. The summed E-state index contributed by atoms with van der Waals surface area (Å²) >= 11 is 7.51. The topological polar surface area (TPSA) is 79.4 Å². The number of carbonyl (C=O) groups excluding carboxylic acids is 3. The molecule has 2 heterocycles. The summed E-state index contributed by atoms with van der Waals surface area (Å²) in [6.07, 6.45) is 0.0176. The first kappa shape index (κ1) is 22.0. The molecule has 1 N–H and O–H groups in total. The molecular formula is C26H18ClN3O3S. The van der Waals surface area contributed by atoms with Crippen LogP contribution in [0.15, 0.2) is 78.2 Å². The van der Waals surface area contributed by atoms with Gasteiger partial charge in [0.1, 0.15) is 5.01 Å². The van der Waals surface area contributed by atoms with Crippen LogP contribution in [0.2, 0.25) is 5.02 Å². The number of hydrogen-bond donors (Lipinski definition) is 1. The molecule has 3 aromatic carbocycles. The van der Waals surface area contributed by atoms with Gasteiger partial charge >= 0.3 is 0 Å². The number of nitrogens with one attached hydrogen (secondary N) is 1. The number of halogens is 1. The van der Waals surface area contributed by atoms with E-state index in [4.69, 9.17) is 16.6 Å². The minimum absolute atomic E-state index is 0.0176. The maximum atomic E-state index is 12.4. The second-order valence-electron chi connectivity index (χ2n) is 7.73. The molecule has 0 bridgehead atoms. The predicted octanol–water partition coefficient (Wildman–Crippen LogP) is 5.76. The molecule has 1 aromatic heterocycles. The van der Waals surface area contributed by atoms with Gasteiger partial charge in [0.05, 0.1) is 16.8 Å². The van der Waals surface area contributed by atoms with Gasteiger partial charge in [0, 0.05) is 40.2 Å². The molecule has 34 heavy (non-hydrogen) atoms. The van der Waals surface area contributed by atoms with Crippen molar-refractivity contribution in [1.29, 1.82) is 0 Å². The van der Waals surface area contributed by atoms with Crippen LogP contribution in [-0.4, -0.2) is 34.2 Å². The molecule has 0 atom stereocenters. The van der Waals surface area contributed by atoms with Gasteiger partial charge in [-0.05, 0) is 36.4 Å². The lowest BCUT2D eigenvalue weighted by Crippen LogP contribution is -2.32. The monoisotopic (exact) mass is 487 g/mol. The van der Waals surface area contributed by atoms with Crippen molar-refractivity contribution in [2.45, 2.75) is 6.42 Å². The number of hydrogen-bond acceptors (Lipinski definition) is 5. The summed E-state index contributed by atoms with van der Waals surface area (Å²) in [4.78, 5) is 43.1. The highest BCUT2D eigenvalue weighted by Crippen LogP contribution is 2.30. The fourth-order valence-electron chi connectivity index (χ4n) is 3.73. The highest BCUT2D eigenvalue weighted by molar-refractivity contribution is 7.13. The fourth-order valence-corrected chi connectivity index (χ4v) is 4.70. The number of thiazole rings is 1. The van der Waals surface area contributed by atoms with Crippen LogP contribution in [0.4, 0.5) is 5.69 Å². The molecule has 168 valence electrons. The number of aromatic nitrogens is 1. The van der Waals surface area contributed by atoms with Gasteiger partial charge in [-0.15, -0.1) is 11.3 Å². The molecule has 0 unspecified atom stereocenters. The van der Waals surface area contributed by atoms with Gasteiger partial charge in [-0.2, -0.15) is 0 Å². The molecular weight excluding hydrogens is 470 g/mol. The molecule has 0 fully saturated rings. The SMILES string of the molecule is O=C(CCN1C(=O)c2ccccc2C1=O)Nc1ccc(-c2csc(-c3ccc(Cl)cc3)n2)cc1. The summed E-state index contributed by atoms with van der Waals surface area (Å²) in [5, 5.41) is 6.38. The molecule has 1 aliphatic heterocycles. The summed E-state index contributed by atoms with van der Waals surface area (Å²) in [7, 11) is 0. The highest BCUT2D eigenvalue weighted by Gasteiger charge is 2.34. The van der Waals surface area contributed by atoms with E-state index in [0.29, 0.717) is 21.8 Å². The normalized spacial score (nSPS) is 12.7. The van der Waals surface area contributed by atoms with E-state index in [1.165, 1.54) is 0 Å². The molecule has 0 spiro atoms. The molecule has 3 amide bonds. The zero-order valence-electron chi connectivity index (χ0n) is 17.8. The first-order chi connectivity index (χ1) is 16.5. The molecule has 4 aromatic rings. The van der Waals surface area contributed by atoms with Crippen molar-refractivity contribution in [3.05, 3.63) is 94.3 Å². The predicted molar refractivity (Wildman–Crippen MR) is 133 cm³/mol. The van der Waals surface area contributed by atoms with Crippen LogP contribution < -0.4 is 5.32 Å². The molecule has 6 nitrogen and oxygen atoms in total. The summed E-state index contributed by atoms with van der Waals surface area (Å²) in [6, 6.07) is 21.6. The van der Waals surface area contributed by atoms with Crippen LogP contribution >= 0.6 is 22.9 Å². The third kappa shape index (κ3) is 4.35. The second kappa shape index (κ2) is 9.21. The van der Waals surface area contributed by atoms with Crippen LogP contribution in [-0.2, 0) is 4.79 Å². The number of imide groups is 1. The van der Waals surface area contributed by atoms with Crippen LogP contribution in [0.5, 0.6) is 0 Å². The van der Waals surface area contributed by atoms with E-state index in [-0.39, 0.29) is 30.7 Å². The standard InChI is InChI=1S/C26H18ClN3O3S/c27-18-9-5-17(6-10-18)24-29-22(15-34-24)16-7-11-19(12-8-16)28-23(31)13-14-30-25(32)20-3-1-2-4-21(20)26(30)33/h1-12,15H,13-14H2,(H,28,31). The van der Waals surface area contributed by atoms with Crippen LogP contribution in [0.25, 0.3) is 21.8 Å². The number of rotatable bonds is 6. The van der Waals surface area contributed by atoms with E-state index in [9.17, 15) is 14.4 Å². The minimum Gasteiger partial charge on any atom is -0.326 e. The van der Waals surface area contributed by atoms with Crippen molar-refractivity contribution < 1.29 is 14.4 Å². The second-order valence-corrected chi connectivity index (χ2v) is 9.02. The molecule has 1 aliphatic rings. The lowest BCUT2D eigenvalue weighted by atomic mass is 10.1. The van der Waals surface area contributed by atoms with Gasteiger partial charge in [0.2, 0.25) is 5.91 Å². The van der Waals surface area contributed by atoms with Gasteiger partial charge < -0.3 is 5.32 Å². The Balaban J connectivity index is 1.19. The van der Waals surface area contributed by atoms with E-state index >= 15 is 0 Å². The molecule has 0 radical (unpaired) electrons. The molecule has 0 saturated heterocycles. The Labute approximate surface area is 204 Å². The molecule has 0 saturated carbocycles. The zero-order chi connectivity index (χ0) is 23.7. The van der Waals surface area contributed by atoms with Gasteiger partial charge in [-0.1, -0.05) is 48.0 Å². The number of anilines is 1. The smallest absolute Gasteiger partial charge is 0.261 e. The van der Waals surface area contributed by atoms with Crippen molar-refractivity contribution in [3.63, 3.8) is 0 Å². The van der Waals surface area contributed by atoms with Gasteiger partial charge in [0.15, 0.2) is 0 Å². The zero-order valence-corrected chi connectivity index (χ0v) is 19.4. The van der Waals surface area contributed by atoms with Crippen LogP contribution in [0.3, 0.4) is 0 Å². The maximum absolute atomic E-state index is 12.4. The van der Waals surface area contributed by atoms with E-state index in [1.54, 1.807) is 47.7 Å². The Hall–Kier alpha value is -3.81. The van der Waals surface area contributed by atoms with Crippen LogP contribution in [0.1, 0.15) is 27.1 Å². The van der Waals surface area contributed by atoms with Gasteiger partial charge in [-0.3, -0.25) is 19.3 Å². The summed E-state index contributed by atoms with van der Waals surface area (Å²) in [5.41, 5.74) is 4.17. The Bertz CT molecular complexity index is 1360. The summed E-state index contributed by atoms with van der Waals surface area (Å²) < 4.78 is 0. The van der Waals surface area contributed by atoms with E-state index in [1.807, 2.05) is 41.8 Å². The largest absolute Gasteiger partial charge is 0.326 e. The highest BCUT2D eigenvalue weighted by atomic mass is 35.5. The van der Waals surface area contributed by atoms with Crippen molar-refractivity contribution in [3.8, 4) is 21.8 Å². The maximum Gasteiger partial charge on any atom is 0.261 e. The third-order valence-electron chi connectivity index (χ3n) is 5.50. The molecule has 8 heteroatoms. The van der Waals surface area contributed by atoms with E-state index < -0.39 is 0 Å². The van der Waals surface area contributed by atoms with Gasteiger partial charge in [-0.25, -0.2) is 4.98 Å². The number of carbonyl (C=O) groups is 3. The van der Waals surface area contributed by atoms with E-state index in [2.05, 4.69) is 5.32 Å². The van der Waals surface area contributed by atoms with Gasteiger partial charge in [0.25, 0.3) is 11.8 Å². The first-order valence-corrected chi connectivity index (χ1v) is 11.8. The van der Waals surface area contributed by atoms with Crippen molar-refractivity contribution in [2.24, 2.45) is 0 Å². The minimum atomic E-state index is -0.362. The average molecular weight is 488 g/mol. The fraction of sp³-hybridized carbons (Fsp3) is 0.0769. The number of nitrogens with zero attached hydrogens (tertiary/aromatic N) is 2. The van der Waals surface area contributed by atoms with Crippen molar-refractivity contribution in [2.75, 3.05) is 11.9 Å². The summed E-state index contributed by atoms with van der Waals surface area (Å²) in [6.45, 7) is 0.0303. The Morgan fingerprint density at radius 2 is 1.50 bits per heavy atom.